The van der Waals surface area contributed by atoms with Crippen LogP contribution in [0.25, 0.3) is 0 Å². The van der Waals surface area contributed by atoms with Gasteiger partial charge in [0.2, 0.25) is 0 Å². The van der Waals surface area contributed by atoms with Crippen molar-refractivity contribution >= 4 is 17.3 Å². The molecule has 19 heavy (non-hydrogen) atoms. The van der Waals surface area contributed by atoms with Gasteiger partial charge in [0.05, 0.1) is 5.69 Å². The monoisotopic (exact) mass is 281 g/mol. The minimum atomic E-state index is -0.322. The third-order valence-corrected chi connectivity index (χ3v) is 3.20. The quantitative estimate of drug-likeness (QED) is 0.754. The second-order valence-electron chi connectivity index (χ2n) is 4.41. The number of benzene rings is 2. The molecule has 0 aromatic heterocycles. The molecule has 2 aromatic rings. The summed E-state index contributed by atoms with van der Waals surface area (Å²) in [4.78, 5) is 1.74. The van der Waals surface area contributed by atoms with Crippen molar-refractivity contribution in [2.75, 3.05) is 11.9 Å². The first-order chi connectivity index (χ1) is 9.10. The number of rotatable bonds is 4. The van der Waals surface area contributed by atoms with E-state index >= 15 is 0 Å². The predicted octanol–water partition coefficient (Wildman–Crippen LogP) is 4.34. The maximum atomic E-state index is 13.9. The molecule has 100 valence electrons. The molecule has 0 aliphatic heterocycles. The van der Waals surface area contributed by atoms with Gasteiger partial charge in [-0.2, -0.15) is 0 Å². The summed E-state index contributed by atoms with van der Waals surface area (Å²) < 4.78 is 27.0. The molecule has 0 spiro atoms. The Morgan fingerprint density at radius 1 is 1.05 bits per heavy atom. The van der Waals surface area contributed by atoms with Crippen molar-refractivity contribution < 1.29 is 8.78 Å². The number of alkyl halides is 1. The highest BCUT2D eigenvalue weighted by atomic mass is 35.5. The summed E-state index contributed by atoms with van der Waals surface area (Å²) in [7, 11) is 1.77. The Morgan fingerprint density at radius 2 is 1.84 bits per heavy atom. The van der Waals surface area contributed by atoms with Crippen molar-refractivity contribution in [1.82, 2.24) is 0 Å². The lowest BCUT2D eigenvalue weighted by atomic mass is 10.1. The molecule has 0 aliphatic rings. The van der Waals surface area contributed by atoms with E-state index in [0.717, 1.165) is 11.1 Å². The second kappa shape index (κ2) is 6.02. The molecule has 0 fully saturated rings. The minimum Gasteiger partial charge on any atom is -0.368 e. The van der Waals surface area contributed by atoms with E-state index in [1.807, 2.05) is 6.07 Å². The molecule has 0 atom stereocenters. The van der Waals surface area contributed by atoms with Crippen molar-refractivity contribution in [2.24, 2.45) is 0 Å². The van der Waals surface area contributed by atoms with Gasteiger partial charge in [-0.1, -0.05) is 18.2 Å². The summed E-state index contributed by atoms with van der Waals surface area (Å²) in [6.45, 7) is 0.439. The van der Waals surface area contributed by atoms with Gasteiger partial charge in [-0.3, -0.25) is 0 Å². The Kier molecular flexibility index (Phi) is 4.38. The number of nitrogens with zero attached hydrogens (tertiary/aromatic N) is 1. The largest absolute Gasteiger partial charge is 0.368 e. The summed E-state index contributed by atoms with van der Waals surface area (Å²) in [6, 6.07) is 11.2. The van der Waals surface area contributed by atoms with E-state index in [1.165, 1.54) is 18.2 Å². The van der Waals surface area contributed by atoms with E-state index in [-0.39, 0.29) is 17.5 Å². The highest BCUT2D eigenvalue weighted by Gasteiger charge is 2.09. The Balaban J connectivity index is 2.18. The second-order valence-corrected chi connectivity index (χ2v) is 4.67. The van der Waals surface area contributed by atoms with E-state index < -0.39 is 0 Å². The van der Waals surface area contributed by atoms with Crippen LogP contribution in [0.5, 0.6) is 0 Å². The standard InChI is InChI=1S/C15H14ClF2N/c1-19(10-12-3-2-4-13(17)7-12)15-6-5-11(9-16)8-14(15)18/h2-8H,9-10H2,1H3. The fourth-order valence-electron chi connectivity index (χ4n) is 1.94. The lowest BCUT2D eigenvalue weighted by Gasteiger charge is -2.20. The van der Waals surface area contributed by atoms with Crippen LogP contribution in [0.3, 0.4) is 0 Å². The number of hydrogen-bond donors (Lipinski definition) is 0. The molecule has 0 radical (unpaired) electrons. The van der Waals surface area contributed by atoms with Crippen LogP contribution in [0.1, 0.15) is 11.1 Å². The van der Waals surface area contributed by atoms with Crippen LogP contribution >= 0.6 is 11.6 Å². The summed E-state index contributed by atoms with van der Waals surface area (Å²) in [6.07, 6.45) is 0. The Labute approximate surface area is 116 Å². The van der Waals surface area contributed by atoms with Crippen molar-refractivity contribution in [3.05, 3.63) is 65.2 Å². The van der Waals surface area contributed by atoms with Gasteiger partial charge in [-0.25, -0.2) is 8.78 Å². The van der Waals surface area contributed by atoms with E-state index in [9.17, 15) is 8.78 Å². The lowest BCUT2D eigenvalue weighted by molar-refractivity contribution is 0.618. The van der Waals surface area contributed by atoms with Gasteiger partial charge in [0, 0.05) is 19.5 Å². The fraction of sp³-hybridized carbons (Fsp3) is 0.200. The first kappa shape index (κ1) is 13.8. The SMILES string of the molecule is CN(Cc1cccc(F)c1)c1ccc(CCl)cc1F. The molecule has 1 nitrogen and oxygen atoms in total. The maximum absolute atomic E-state index is 13.9. The smallest absolute Gasteiger partial charge is 0.146 e. The number of hydrogen-bond acceptors (Lipinski definition) is 1. The third-order valence-electron chi connectivity index (χ3n) is 2.89. The van der Waals surface area contributed by atoms with Crippen LogP contribution < -0.4 is 4.90 Å². The molecule has 0 saturated carbocycles. The van der Waals surface area contributed by atoms with Crippen LogP contribution in [-0.4, -0.2) is 7.05 Å². The fourth-order valence-corrected chi connectivity index (χ4v) is 2.10. The summed E-state index contributed by atoms with van der Waals surface area (Å²) in [5.41, 5.74) is 2.00. The minimum absolute atomic E-state index is 0.283. The summed E-state index contributed by atoms with van der Waals surface area (Å²) in [5, 5.41) is 0. The van der Waals surface area contributed by atoms with E-state index in [4.69, 9.17) is 11.6 Å². The van der Waals surface area contributed by atoms with Gasteiger partial charge in [0.15, 0.2) is 0 Å². The maximum Gasteiger partial charge on any atom is 0.146 e. The van der Waals surface area contributed by atoms with Crippen molar-refractivity contribution in [3.63, 3.8) is 0 Å². The Morgan fingerprint density at radius 3 is 2.47 bits per heavy atom. The zero-order chi connectivity index (χ0) is 13.8. The molecule has 0 N–H and O–H groups in total. The molecule has 0 saturated heterocycles. The van der Waals surface area contributed by atoms with Gasteiger partial charge in [0.25, 0.3) is 0 Å². The van der Waals surface area contributed by atoms with Gasteiger partial charge >= 0.3 is 0 Å². The molecule has 0 unspecified atom stereocenters. The first-order valence-corrected chi connectivity index (χ1v) is 6.43. The highest BCUT2D eigenvalue weighted by molar-refractivity contribution is 6.17. The molecule has 0 bridgehead atoms. The third kappa shape index (κ3) is 3.44. The normalized spacial score (nSPS) is 10.5. The molecule has 0 aliphatic carbocycles. The van der Waals surface area contributed by atoms with Crippen LogP contribution in [0, 0.1) is 11.6 Å². The first-order valence-electron chi connectivity index (χ1n) is 5.90. The van der Waals surface area contributed by atoms with Crippen molar-refractivity contribution in [3.8, 4) is 0 Å². The van der Waals surface area contributed by atoms with Gasteiger partial charge in [-0.05, 0) is 35.4 Å². The predicted molar refractivity (Wildman–Crippen MR) is 74.5 cm³/mol. The zero-order valence-electron chi connectivity index (χ0n) is 10.5. The van der Waals surface area contributed by atoms with E-state index in [0.29, 0.717) is 12.2 Å². The topological polar surface area (TPSA) is 3.24 Å². The average molecular weight is 282 g/mol. The average Bonchev–Trinajstić information content (AvgIpc) is 2.38. The molecule has 4 heteroatoms. The van der Waals surface area contributed by atoms with Crippen LogP contribution in [0.2, 0.25) is 0 Å². The highest BCUT2D eigenvalue weighted by Crippen LogP contribution is 2.22. The van der Waals surface area contributed by atoms with Crippen LogP contribution in [0.4, 0.5) is 14.5 Å². The van der Waals surface area contributed by atoms with Gasteiger partial charge in [-0.15, -0.1) is 11.6 Å². The number of anilines is 1. The summed E-state index contributed by atoms with van der Waals surface area (Å²) >= 11 is 5.66. The molecule has 0 amide bonds. The lowest BCUT2D eigenvalue weighted by Crippen LogP contribution is -2.17. The Bertz CT molecular complexity index is 572. The van der Waals surface area contributed by atoms with Crippen molar-refractivity contribution in [1.29, 1.82) is 0 Å². The molecule has 2 aromatic carbocycles. The van der Waals surface area contributed by atoms with Gasteiger partial charge < -0.3 is 4.90 Å². The zero-order valence-corrected chi connectivity index (χ0v) is 11.3. The van der Waals surface area contributed by atoms with Crippen molar-refractivity contribution in [2.45, 2.75) is 12.4 Å². The van der Waals surface area contributed by atoms with Crippen LogP contribution in [-0.2, 0) is 12.4 Å². The number of halogens is 3. The molecule has 2 rings (SSSR count). The molecular weight excluding hydrogens is 268 g/mol. The van der Waals surface area contributed by atoms with Gasteiger partial charge in [0.1, 0.15) is 11.6 Å². The molecular formula is C15H14ClF2N. The van der Waals surface area contributed by atoms with E-state index in [1.54, 1.807) is 30.1 Å². The molecule has 0 heterocycles. The summed E-state index contributed by atoms with van der Waals surface area (Å²) in [5.74, 6) is -0.328. The Hall–Kier alpha value is -1.61. The van der Waals surface area contributed by atoms with Crippen LogP contribution in [0.15, 0.2) is 42.5 Å². The van der Waals surface area contributed by atoms with E-state index in [2.05, 4.69) is 0 Å².